The smallest absolute Gasteiger partial charge is 0.138 e. The van der Waals surface area contributed by atoms with Crippen LogP contribution in [0.5, 0.6) is 5.75 Å². The summed E-state index contributed by atoms with van der Waals surface area (Å²) >= 11 is 0. The number of nitrogens with one attached hydrogen (secondary N) is 1. The maximum Gasteiger partial charge on any atom is 0.138 e. The number of H-pyrrole nitrogens is 1. The zero-order valence-electron chi connectivity index (χ0n) is 20.8. The zero-order chi connectivity index (χ0) is 25.9. The first-order chi connectivity index (χ1) is 18.7. The van der Waals surface area contributed by atoms with Gasteiger partial charge in [-0.25, -0.2) is 4.98 Å². The maximum atomic E-state index is 6.36. The Labute approximate surface area is 221 Å². The monoisotopic (exact) mass is 494 g/mol. The molecule has 3 aromatic heterocycles. The molecule has 0 bridgehead atoms. The molecule has 0 saturated carbocycles. The number of hydrogen-bond acceptors (Lipinski definition) is 4. The van der Waals surface area contributed by atoms with Gasteiger partial charge in [-0.3, -0.25) is 4.98 Å². The highest BCUT2D eigenvalue weighted by Crippen LogP contribution is 2.32. The lowest BCUT2D eigenvalue weighted by Crippen LogP contribution is -2.30. The average molecular weight is 495 g/mol. The van der Waals surface area contributed by atoms with Gasteiger partial charge in [0.2, 0.25) is 0 Å². The fourth-order valence-electron chi connectivity index (χ4n) is 4.65. The summed E-state index contributed by atoms with van der Waals surface area (Å²) in [5.74, 6) is 3.32. The molecule has 0 amide bonds. The molecule has 3 heterocycles. The number of nitrogens with two attached hydrogens (primary N) is 1. The third-order valence-electron chi connectivity index (χ3n) is 6.68. The Morgan fingerprint density at radius 3 is 2.50 bits per heavy atom. The molecule has 1 atom stereocenters. The lowest BCUT2D eigenvalue weighted by atomic mass is 10.0. The van der Waals surface area contributed by atoms with Crippen LogP contribution < -0.4 is 10.5 Å². The molecule has 3 N–H and O–H groups in total. The highest BCUT2D eigenvalue weighted by molar-refractivity contribution is 5.90. The molecule has 7 rings (SSSR count). The normalized spacial score (nSPS) is 11.9. The third kappa shape index (κ3) is 4.99. The van der Waals surface area contributed by atoms with Crippen LogP contribution in [0.1, 0.15) is 11.3 Å². The third-order valence-corrected chi connectivity index (χ3v) is 6.68. The van der Waals surface area contributed by atoms with Crippen molar-refractivity contribution in [3.63, 3.8) is 0 Å². The first kappa shape index (κ1) is 23.5. The van der Waals surface area contributed by atoms with Crippen molar-refractivity contribution < 1.29 is 4.74 Å². The number of fused-ring (bicyclic) bond motifs is 3. The lowest BCUT2D eigenvalue weighted by molar-refractivity contribution is 0.287. The largest absolute Gasteiger partial charge is 0.490 e. The summed E-state index contributed by atoms with van der Waals surface area (Å²) in [7, 11) is 0. The number of terminal acetylenes is 1. The molecule has 5 nitrogen and oxygen atoms in total. The Morgan fingerprint density at radius 2 is 1.71 bits per heavy atom. The summed E-state index contributed by atoms with van der Waals surface area (Å²) in [5.41, 5.74) is 14.2. The van der Waals surface area contributed by atoms with Gasteiger partial charge in [-0.05, 0) is 70.3 Å². The molecule has 0 unspecified atom stereocenters. The van der Waals surface area contributed by atoms with Gasteiger partial charge in [0.05, 0.1) is 6.20 Å². The van der Waals surface area contributed by atoms with Gasteiger partial charge in [-0.1, -0.05) is 48.5 Å². The first-order valence-corrected chi connectivity index (χ1v) is 12.5. The number of aromatic nitrogens is 3. The van der Waals surface area contributed by atoms with Gasteiger partial charge in [0.1, 0.15) is 18.1 Å². The molecular weight excluding hydrogens is 468 g/mol. The van der Waals surface area contributed by atoms with Crippen molar-refractivity contribution in [2.75, 3.05) is 6.61 Å². The number of pyridine rings is 2. The van der Waals surface area contributed by atoms with E-state index in [-0.39, 0.29) is 6.04 Å². The van der Waals surface area contributed by atoms with Crippen molar-refractivity contribution in [3.05, 3.63) is 115 Å². The quantitative estimate of drug-likeness (QED) is 0.263. The van der Waals surface area contributed by atoms with Crippen LogP contribution in [0.3, 0.4) is 0 Å². The molecule has 0 saturated heterocycles. The van der Waals surface area contributed by atoms with Crippen molar-refractivity contribution in [1.82, 2.24) is 15.0 Å². The number of para-hydroxylation sites is 1. The van der Waals surface area contributed by atoms with Crippen LogP contribution >= 0.6 is 0 Å². The lowest BCUT2D eigenvalue weighted by Gasteiger charge is -2.13. The first-order valence-electron chi connectivity index (χ1n) is 12.5. The van der Waals surface area contributed by atoms with Crippen LogP contribution in [0.2, 0.25) is 0 Å². The molecule has 38 heavy (non-hydrogen) atoms. The maximum absolute atomic E-state index is 6.36. The van der Waals surface area contributed by atoms with Crippen molar-refractivity contribution >= 4 is 21.7 Å². The standard InChI is InChI=1S/C27H22N4O.C6H4/c1-2-26-25-8-7-18(11-19(25)9-10-30-26)20-13-23(16-29-14-20)32-17-22(28)12-21-15-31-27-6-4-3-5-24(21)27;1-2-5-4-6(5)3-1/h1,3-11,13-16,22,31H,12,17,28H2;1-4H/t22-;/m0./s1. The van der Waals surface area contributed by atoms with Crippen molar-refractivity contribution in [3.8, 4) is 40.3 Å². The molecule has 0 fully saturated rings. The van der Waals surface area contributed by atoms with E-state index in [9.17, 15) is 0 Å². The average Bonchev–Trinajstić information content (AvgIpc) is 3.35. The number of ether oxygens (including phenoxy) is 1. The molecule has 2 aliphatic rings. The molecule has 0 aliphatic heterocycles. The molecule has 2 aromatic carbocycles. The number of hydrogen-bond donors (Lipinski definition) is 2. The summed E-state index contributed by atoms with van der Waals surface area (Å²) in [5, 5.41) is 3.20. The van der Waals surface area contributed by atoms with E-state index < -0.39 is 0 Å². The SMILES string of the molecule is C#Cc1nccc2cc(-c3cncc(OC[C@@H](N)Cc4c[nH]c5ccccc45)c3)ccc12.c1cc2cc-2c1. The van der Waals surface area contributed by atoms with E-state index in [4.69, 9.17) is 16.9 Å². The van der Waals surface area contributed by atoms with Gasteiger partial charge in [0.25, 0.3) is 0 Å². The van der Waals surface area contributed by atoms with Gasteiger partial charge in [0.15, 0.2) is 0 Å². The summed E-state index contributed by atoms with van der Waals surface area (Å²) in [6.07, 6.45) is 13.6. The second kappa shape index (κ2) is 10.2. The second-order valence-electron chi connectivity index (χ2n) is 9.36. The van der Waals surface area contributed by atoms with E-state index in [1.165, 1.54) is 22.1 Å². The van der Waals surface area contributed by atoms with Crippen molar-refractivity contribution in [1.29, 1.82) is 0 Å². The number of nitrogens with zero attached hydrogens (tertiary/aromatic N) is 2. The van der Waals surface area contributed by atoms with Crippen molar-refractivity contribution in [2.24, 2.45) is 5.73 Å². The predicted molar refractivity (Wildman–Crippen MR) is 154 cm³/mol. The van der Waals surface area contributed by atoms with Gasteiger partial charge in [-0.2, -0.15) is 0 Å². The topological polar surface area (TPSA) is 76.8 Å². The summed E-state index contributed by atoms with van der Waals surface area (Å²) in [6.45, 7) is 0.402. The fraction of sp³-hybridized carbons (Fsp3) is 0.0909. The Morgan fingerprint density at radius 1 is 0.868 bits per heavy atom. The van der Waals surface area contributed by atoms with Crippen molar-refractivity contribution in [2.45, 2.75) is 12.5 Å². The van der Waals surface area contributed by atoms with Crippen LogP contribution in [-0.4, -0.2) is 27.6 Å². The highest BCUT2D eigenvalue weighted by Gasteiger charge is 2.11. The minimum atomic E-state index is -0.131. The van der Waals surface area contributed by atoms with E-state index in [0.717, 1.165) is 33.8 Å². The fourth-order valence-corrected chi connectivity index (χ4v) is 4.65. The van der Waals surface area contributed by atoms with Crippen LogP contribution in [0.15, 0.2) is 104 Å². The van der Waals surface area contributed by atoms with Crippen LogP contribution in [0.4, 0.5) is 0 Å². The minimum absolute atomic E-state index is 0.131. The Kier molecular flexibility index (Phi) is 6.31. The zero-order valence-corrected chi connectivity index (χ0v) is 20.8. The van der Waals surface area contributed by atoms with Gasteiger partial charge < -0.3 is 15.5 Å². The molecule has 2 aliphatic carbocycles. The van der Waals surface area contributed by atoms with Crippen LogP contribution in [-0.2, 0) is 6.42 Å². The van der Waals surface area contributed by atoms with E-state index in [1.54, 1.807) is 12.4 Å². The minimum Gasteiger partial charge on any atom is -0.490 e. The second-order valence-corrected chi connectivity index (χ2v) is 9.36. The molecule has 184 valence electrons. The van der Waals surface area contributed by atoms with E-state index in [2.05, 4.69) is 63.3 Å². The van der Waals surface area contributed by atoms with Gasteiger partial charge in [0, 0.05) is 46.5 Å². The molecule has 0 spiro atoms. The highest BCUT2D eigenvalue weighted by atomic mass is 16.5. The Bertz CT molecular complexity index is 1780. The number of aromatic amines is 1. The number of rotatable bonds is 6. The number of benzene rings is 3. The van der Waals surface area contributed by atoms with Gasteiger partial charge in [-0.15, -0.1) is 6.42 Å². The Balaban J connectivity index is 0.000000382. The van der Waals surface area contributed by atoms with E-state index >= 15 is 0 Å². The van der Waals surface area contributed by atoms with Gasteiger partial charge >= 0.3 is 0 Å². The van der Waals surface area contributed by atoms with E-state index in [1.807, 2.05) is 48.8 Å². The summed E-state index contributed by atoms with van der Waals surface area (Å²) < 4.78 is 5.98. The Hall–Kier alpha value is -4.92. The van der Waals surface area contributed by atoms with E-state index in [0.29, 0.717) is 18.1 Å². The predicted octanol–water partition coefficient (Wildman–Crippen LogP) is 6.38. The summed E-state index contributed by atoms with van der Waals surface area (Å²) in [6, 6.07) is 26.6. The summed E-state index contributed by atoms with van der Waals surface area (Å²) in [4.78, 5) is 11.9. The van der Waals surface area contributed by atoms with Crippen LogP contribution in [0, 0.1) is 12.3 Å². The molecular formula is C33H26N4O. The molecule has 0 radical (unpaired) electrons. The molecule has 5 heteroatoms. The van der Waals surface area contributed by atoms with Crippen LogP contribution in [0.25, 0.3) is 43.9 Å². The molecule has 5 aromatic rings.